The Hall–Kier alpha value is -1.89. The van der Waals surface area contributed by atoms with Crippen LogP contribution in [0.4, 0.5) is 8.78 Å². The van der Waals surface area contributed by atoms with Gasteiger partial charge in [-0.2, -0.15) is 8.78 Å². The molecule has 26 heavy (non-hydrogen) atoms. The molecule has 0 bridgehead atoms. The van der Waals surface area contributed by atoms with Crippen LogP contribution in [0.25, 0.3) is 0 Å². The molecule has 2 rings (SSSR count). The maximum absolute atomic E-state index is 12.3. The molecule has 1 N–H and O–H groups in total. The smallest absolute Gasteiger partial charge is 0.387 e. The number of amides is 1. The lowest BCUT2D eigenvalue weighted by atomic mass is 9.92. The molecule has 1 aliphatic rings. The molecule has 1 fully saturated rings. The summed E-state index contributed by atoms with van der Waals surface area (Å²) in [5.41, 5.74) is 0.351. The van der Waals surface area contributed by atoms with Gasteiger partial charge in [0.05, 0.1) is 7.11 Å². The summed E-state index contributed by atoms with van der Waals surface area (Å²) in [7, 11) is 1.34. The van der Waals surface area contributed by atoms with Crippen LogP contribution in [0.1, 0.15) is 37.0 Å². The van der Waals surface area contributed by atoms with E-state index in [-0.39, 0.29) is 17.4 Å². The zero-order valence-electron chi connectivity index (χ0n) is 15.6. The minimum Gasteiger partial charge on any atom is -0.493 e. The van der Waals surface area contributed by atoms with E-state index in [1.54, 1.807) is 0 Å². The van der Waals surface area contributed by atoms with Crippen molar-refractivity contribution in [1.82, 2.24) is 10.2 Å². The van der Waals surface area contributed by atoms with E-state index < -0.39 is 6.61 Å². The van der Waals surface area contributed by atoms with Gasteiger partial charge >= 0.3 is 6.61 Å². The summed E-state index contributed by atoms with van der Waals surface area (Å²) in [6.07, 6.45) is 2.15. The molecule has 1 saturated heterocycles. The Balaban J connectivity index is 1.80. The number of rotatable bonds is 8. The monoisotopic (exact) mass is 370 g/mol. The predicted octanol–water partition coefficient (Wildman–Crippen LogP) is 3.39. The molecule has 5 nitrogen and oxygen atoms in total. The van der Waals surface area contributed by atoms with Crippen molar-refractivity contribution in [1.29, 1.82) is 0 Å². The van der Waals surface area contributed by atoms with Gasteiger partial charge in [-0.05, 0) is 49.4 Å². The van der Waals surface area contributed by atoms with Crippen molar-refractivity contribution >= 4 is 5.91 Å². The first kappa shape index (κ1) is 20.4. The molecule has 2 atom stereocenters. The third-order valence-electron chi connectivity index (χ3n) is 4.52. The lowest BCUT2D eigenvalue weighted by Crippen LogP contribution is -2.40. The van der Waals surface area contributed by atoms with Gasteiger partial charge in [-0.3, -0.25) is 4.79 Å². The second-order valence-electron chi connectivity index (χ2n) is 7.06. The molecular formula is C19H28F2N2O3. The molecule has 1 heterocycles. The third-order valence-corrected chi connectivity index (χ3v) is 4.52. The Labute approximate surface area is 153 Å². The standard InChI is InChI=1S/C19H28F2N2O3/c1-13-9-14(2)12-23(11-13)8-4-7-22-18(24)15-5-6-16(26-19(20)21)17(10-15)25-3/h5-6,10,13-14,19H,4,7-9,11-12H2,1-3H3,(H,22,24)/t13-,14-/m0/s1. The highest BCUT2D eigenvalue weighted by Gasteiger charge is 2.21. The Bertz CT molecular complexity index is 588. The Morgan fingerprint density at radius 2 is 1.96 bits per heavy atom. The molecule has 0 aliphatic carbocycles. The van der Waals surface area contributed by atoms with Crippen LogP contribution in [0.15, 0.2) is 18.2 Å². The van der Waals surface area contributed by atoms with Crippen molar-refractivity contribution in [2.24, 2.45) is 11.8 Å². The number of benzene rings is 1. The number of methoxy groups -OCH3 is 1. The van der Waals surface area contributed by atoms with Crippen molar-refractivity contribution in [2.75, 3.05) is 33.3 Å². The lowest BCUT2D eigenvalue weighted by Gasteiger charge is -2.34. The van der Waals surface area contributed by atoms with Crippen LogP contribution >= 0.6 is 0 Å². The normalized spacial score (nSPS) is 20.8. The van der Waals surface area contributed by atoms with Crippen molar-refractivity contribution in [3.8, 4) is 11.5 Å². The summed E-state index contributed by atoms with van der Waals surface area (Å²) >= 11 is 0. The number of hydrogen-bond donors (Lipinski definition) is 1. The van der Waals surface area contributed by atoms with Crippen molar-refractivity contribution in [3.63, 3.8) is 0 Å². The third kappa shape index (κ3) is 6.12. The van der Waals surface area contributed by atoms with Gasteiger partial charge in [-0.25, -0.2) is 0 Å². The molecule has 146 valence electrons. The van der Waals surface area contributed by atoms with Crippen LogP contribution in [-0.4, -0.2) is 50.7 Å². The van der Waals surface area contributed by atoms with Gasteiger partial charge in [0.1, 0.15) is 0 Å². The van der Waals surface area contributed by atoms with Crippen LogP contribution in [0, 0.1) is 11.8 Å². The van der Waals surface area contributed by atoms with Crippen molar-refractivity contribution < 1.29 is 23.0 Å². The van der Waals surface area contributed by atoms with E-state index in [0.717, 1.165) is 37.9 Å². The molecule has 1 aromatic rings. The fourth-order valence-electron chi connectivity index (χ4n) is 3.58. The maximum atomic E-state index is 12.3. The molecule has 0 spiro atoms. The van der Waals surface area contributed by atoms with Crippen LogP contribution in [0.3, 0.4) is 0 Å². The Morgan fingerprint density at radius 1 is 1.27 bits per heavy atom. The second-order valence-corrected chi connectivity index (χ2v) is 7.06. The molecule has 7 heteroatoms. The average molecular weight is 370 g/mol. The van der Waals surface area contributed by atoms with Gasteiger partial charge in [-0.15, -0.1) is 0 Å². The highest BCUT2D eigenvalue weighted by atomic mass is 19.3. The molecule has 0 unspecified atom stereocenters. The van der Waals surface area contributed by atoms with E-state index in [1.165, 1.54) is 31.7 Å². The van der Waals surface area contributed by atoms with Crippen LogP contribution < -0.4 is 14.8 Å². The van der Waals surface area contributed by atoms with Gasteiger partial charge in [-0.1, -0.05) is 13.8 Å². The quantitative estimate of drug-likeness (QED) is 0.713. The maximum Gasteiger partial charge on any atom is 0.387 e. The average Bonchev–Trinajstić information content (AvgIpc) is 2.57. The molecule has 1 aliphatic heterocycles. The summed E-state index contributed by atoms with van der Waals surface area (Å²) < 4.78 is 34.1. The molecule has 1 amide bonds. The van der Waals surface area contributed by atoms with E-state index in [2.05, 4.69) is 28.8 Å². The second kappa shape index (κ2) is 9.71. The van der Waals surface area contributed by atoms with Crippen LogP contribution in [0.5, 0.6) is 11.5 Å². The Kier molecular flexibility index (Phi) is 7.63. The number of nitrogens with one attached hydrogen (secondary N) is 1. The van der Waals surface area contributed by atoms with Crippen molar-refractivity contribution in [3.05, 3.63) is 23.8 Å². The number of carbonyl (C=O) groups is 1. The number of ether oxygens (including phenoxy) is 2. The Morgan fingerprint density at radius 3 is 2.58 bits per heavy atom. The van der Waals surface area contributed by atoms with Gasteiger partial charge in [0.2, 0.25) is 0 Å². The molecular weight excluding hydrogens is 342 g/mol. The number of piperidine rings is 1. The molecule has 0 aromatic heterocycles. The molecule has 1 aromatic carbocycles. The summed E-state index contributed by atoms with van der Waals surface area (Å²) in [6, 6.07) is 4.17. The zero-order chi connectivity index (χ0) is 19.1. The summed E-state index contributed by atoms with van der Waals surface area (Å²) in [5.74, 6) is 1.19. The van der Waals surface area contributed by atoms with E-state index in [4.69, 9.17) is 4.74 Å². The highest BCUT2D eigenvalue weighted by Crippen LogP contribution is 2.29. The molecule has 0 saturated carbocycles. The van der Waals surface area contributed by atoms with E-state index in [1.807, 2.05) is 0 Å². The van der Waals surface area contributed by atoms with Crippen LogP contribution in [-0.2, 0) is 0 Å². The minimum absolute atomic E-state index is 0.0904. The van der Waals surface area contributed by atoms with E-state index >= 15 is 0 Å². The number of carbonyl (C=O) groups excluding carboxylic acids is 1. The highest BCUT2D eigenvalue weighted by molar-refractivity contribution is 5.94. The number of alkyl halides is 2. The summed E-state index contributed by atoms with van der Waals surface area (Å²) in [6.45, 7) is 5.36. The van der Waals surface area contributed by atoms with Gasteiger partial charge in [0.25, 0.3) is 5.91 Å². The summed E-state index contributed by atoms with van der Waals surface area (Å²) in [5, 5.41) is 2.86. The first-order chi connectivity index (χ1) is 12.4. The van der Waals surface area contributed by atoms with E-state index in [0.29, 0.717) is 12.1 Å². The number of nitrogens with zero attached hydrogens (tertiary/aromatic N) is 1. The topological polar surface area (TPSA) is 50.8 Å². The fraction of sp³-hybridized carbons (Fsp3) is 0.632. The largest absolute Gasteiger partial charge is 0.493 e. The minimum atomic E-state index is -2.94. The summed E-state index contributed by atoms with van der Waals surface area (Å²) in [4.78, 5) is 14.7. The number of hydrogen-bond acceptors (Lipinski definition) is 4. The first-order valence-corrected chi connectivity index (χ1v) is 9.02. The lowest BCUT2D eigenvalue weighted by molar-refractivity contribution is -0.0512. The first-order valence-electron chi connectivity index (χ1n) is 9.02. The number of halogens is 2. The zero-order valence-corrected chi connectivity index (χ0v) is 15.6. The van der Waals surface area contributed by atoms with Crippen molar-refractivity contribution in [2.45, 2.75) is 33.3 Å². The molecule has 0 radical (unpaired) electrons. The van der Waals surface area contributed by atoms with E-state index in [9.17, 15) is 13.6 Å². The van der Waals surface area contributed by atoms with Gasteiger partial charge < -0.3 is 19.7 Å². The predicted molar refractivity (Wildman–Crippen MR) is 96.0 cm³/mol. The fourth-order valence-corrected chi connectivity index (χ4v) is 3.58. The SMILES string of the molecule is COc1cc(C(=O)NCCCN2C[C@@H](C)C[C@H](C)C2)ccc1OC(F)F. The van der Waals surface area contributed by atoms with Gasteiger partial charge in [0, 0.05) is 25.2 Å². The van der Waals surface area contributed by atoms with Crippen LogP contribution in [0.2, 0.25) is 0 Å². The van der Waals surface area contributed by atoms with Gasteiger partial charge in [0.15, 0.2) is 11.5 Å². The number of likely N-dealkylation sites (tertiary alicyclic amines) is 1.